The quantitative estimate of drug-likeness (QED) is 0.476. The molecule has 0 bridgehead atoms. The minimum absolute atomic E-state index is 0.276. The number of oxazole rings is 1. The van der Waals surface area contributed by atoms with Crippen LogP contribution >= 0.6 is 0 Å². The van der Waals surface area contributed by atoms with Crippen LogP contribution in [0.25, 0.3) is 11.5 Å². The summed E-state index contributed by atoms with van der Waals surface area (Å²) in [6.07, 6.45) is -4.84. The molecule has 38 heavy (non-hydrogen) atoms. The molecule has 1 aliphatic rings. The number of rotatable bonds is 6. The third kappa shape index (κ3) is 6.04. The summed E-state index contributed by atoms with van der Waals surface area (Å²) >= 11 is 0. The molecule has 1 N–H and O–H groups in total. The number of halogens is 3. The summed E-state index contributed by atoms with van der Waals surface area (Å²) in [5.74, 6) is -1.65. The molecule has 1 saturated heterocycles. The normalized spacial score (nSPS) is 15.4. The van der Waals surface area contributed by atoms with Gasteiger partial charge in [0.15, 0.2) is 5.69 Å². The second-order valence-corrected chi connectivity index (χ2v) is 10.3. The van der Waals surface area contributed by atoms with Crippen molar-refractivity contribution in [2.75, 3.05) is 31.1 Å². The molecular weight excluding hydrogens is 501 g/mol. The Morgan fingerprint density at radius 1 is 1.03 bits per heavy atom. The lowest BCUT2D eigenvalue weighted by Gasteiger charge is -2.38. The molecule has 1 fully saturated rings. The number of hydrogen-bond acceptors (Lipinski definition) is 7. The minimum atomic E-state index is -4.85. The maximum absolute atomic E-state index is 13.6. The van der Waals surface area contributed by atoms with Gasteiger partial charge in [-0.1, -0.05) is 45.0 Å². The van der Waals surface area contributed by atoms with Gasteiger partial charge in [-0.15, -0.1) is 0 Å². The highest BCUT2D eigenvalue weighted by Crippen LogP contribution is 2.35. The van der Waals surface area contributed by atoms with E-state index in [2.05, 4.69) is 9.97 Å². The van der Waals surface area contributed by atoms with Gasteiger partial charge in [0.2, 0.25) is 17.4 Å². The molecule has 0 radical (unpaired) electrons. The summed E-state index contributed by atoms with van der Waals surface area (Å²) in [7, 11) is 0. The summed E-state index contributed by atoms with van der Waals surface area (Å²) < 4.78 is 46.0. The first-order valence-electron chi connectivity index (χ1n) is 12.2. The Labute approximate surface area is 218 Å². The van der Waals surface area contributed by atoms with Crippen molar-refractivity contribution in [2.24, 2.45) is 5.41 Å². The van der Waals surface area contributed by atoms with E-state index in [1.165, 1.54) is 6.20 Å². The highest BCUT2D eigenvalue weighted by molar-refractivity contribution is 5.96. The van der Waals surface area contributed by atoms with Gasteiger partial charge < -0.3 is 19.3 Å². The number of anilines is 1. The number of amides is 1. The van der Waals surface area contributed by atoms with Gasteiger partial charge in [-0.25, -0.2) is 9.97 Å². The second-order valence-electron chi connectivity index (χ2n) is 10.3. The van der Waals surface area contributed by atoms with Gasteiger partial charge in [0.05, 0.1) is 0 Å². The number of aromatic nitrogens is 2. The van der Waals surface area contributed by atoms with Gasteiger partial charge in [0.1, 0.15) is 11.9 Å². The maximum atomic E-state index is 13.6. The molecule has 1 atom stereocenters. The molecule has 0 saturated carbocycles. The number of aliphatic hydroxyl groups excluding tert-OH is 1. The predicted molar refractivity (Wildman–Crippen MR) is 133 cm³/mol. The lowest BCUT2D eigenvalue weighted by molar-refractivity contribution is -0.146. The number of carbonyl (C=O) groups excluding carboxylic acids is 2. The summed E-state index contributed by atoms with van der Waals surface area (Å²) in [5, 5.41) is 10.3. The first kappa shape index (κ1) is 27.3. The number of nitrogens with zero attached hydrogens (tertiary/aromatic N) is 4. The van der Waals surface area contributed by atoms with Crippen molar-refractivity contribution in [3.8, 4) is 11.5 Å². The summed E-state index contributed by atoms with van der Waals surface area (Å²) in [5.41, 5.74) is -1.15. The molecule has 1 aliphatic heterocycles. The number of piperazine rings is 1. The molecule has 0 aliphatic carbocycles. The highest BCUT2D eigenvalue weighted by atomic mass is 19.4. The Bertz CT molecular complexity index is 1280. The third-order valence-electron chi connectivity index (χ3n) is 6.31. The second kappa shape index (κ2) is 10.6. The molecule has 3 aromatic rings. The molecule has 202 valence electrons. The molecule has 8 nitrogen and oxygen atoms in total. The molecule has 11 heteroatoms. The summed E-state index contributed by atoms with van der Waals surface area (Å²) in [6.45, 7) is 7.25. The largest absolute Gasteiger partial charge is 0.437 e. The fourth-order valence-electron chi connectivity index (χ4n) is 4.08. The van der Waals surface area contributed by atoms with Crippen LogP contribution in [-0.2, 0) is 17.4 Å². The van der Waals surface area contributed by atoms with E-state index < -0.39 is 34.9 Å². The van der Waals surface area contributed by atoms with Crippen molar-refractivity contribution in [3.63, 3.8) is 0 Å². The van der Waals surface area contributed by atoms with E-state index in [1.807, 2.05) is 4.90 Å². The predicted octanol–water partition coefficient (Wildman–Crippen LogP) is 4.24. The topological polar surface area (TPSA) is 99.8 Å². The Balaban J connectivity index is 1.42. The van der Waals surface area contributed by atoms with Crippen LogP contribution in [-0.4, -0.2) is 63.9 Å². The third-order valence-corrected chi connectivity index (χ3v) is 6.31. The summed E-state index contributed by atoms with van der Waals surface area (Å²) in [6, 6.07) is 11.4. The van der Waals surface area contributed by atoms with Gasteiger partial charge in [0.25, 0.3) is 5.91 Å². The highest BCUT2D eigenvalue weighted by Gasteiger charge is 2.41. The lowest BCUT2D eigenvalue weighted by atomic mass is 9.88. The van der Waals surface area contributed by atoms with Crippen molar-refractivity contribution in [3.05, 3.63) is 65.7 Å². The summed E-state index contributed by atoms with van der Waals surface area (Å²) in [4.78, 5) is 36.9. The molecule has 0 spiro atoms. The Morgan fingerprint density at radius 2 is 1.68 bits per heavy atom. The van der Waals surface area contributed by atoms with Crippen molar-refractivity contribution in [1.82, 2.24) is 14.9 Å². The van der Waals surface area contributed by atoms with E-state index >= 15 is 0 Å². The van der Waals surface area contributed by atoms with Crippen LogP contribution in [0.4, 0.5) is 19.0 Å². The van der Waals surface area contributed by atoms with Crippen LogP contribution in [0.1, 0.15) is 42.6 Å². The standard InChI is InChI=1S/C27H29F3N4O4/c1-26(2,3)23(36)25(37)34-13-11-33(12-14-34)20-10-9-17(16-31-20)15-19(35)21-22(27(28,29)30)32-24(38-21)18-7-5-4-6-8-18/h4-10,16,23,36H,11-15H2,1-3H3/t23-/m0/s1. The van der Waals surface area contributed by atoms with Crippen molar-refractivity contribution < 1.29 is 32.3 Å². The van der Waals surface area contributed by atoms with E-state index in [4.69, 9.17) is 4.42 Å². The first-order chi connectivity index (χ1) is 17.8. The van der Waals surface area contributed by atoms with Crippen LogP contribution in [0.2, 0.25) is 0 Å². The number of Topliss-reactive ketones (excluding diaryl/α,β-unsaturated/α-hetero) is 1. The molecule has 2 aromatic heterocycles. The minimum Gasteiger partial charge on any atom is -0.432 e. The molecule has 4 rings (SSSR count). The van der Waals surface area contributed by atoms with Gasteiger partial charge in [-0.05, 0) is 29.2 Å². The molecule has 0 unspecified atom stereocenters. The number of pyridine rings is 1. The molecule has 1 aromatic carbocycles. The van der Waals surface area contributed by atoms with Crippen molar-refractivity contribution in [1.29, 1.82) is 0 Å². The van der Waals surface area contributed by atoms with Gasteiger partial charge in [-0.2, -0.15) is 13.2 Å². The number of alkyl halides is 3. The zero-order valence-electron chi connectivity index (χ0n) is 21.3. The average Bonchev–Trinajstić information content (AvgIpc) is 3.35. The molecule has 3 heterocycles. The van der Waals surface area contributed by atoms with E-state index in [1.54, 1.807) is 68.1 Å². The monoisotopic (exact) mass is 530 g/mol. The Morgan fingerprint density at radius 3 is 2.24 bits per heavy atom. The Kier molecular flexibility index (Phi) is 7.59. The van der Waals surface area contributed by atoms with Crippen LogP contribution < -0.4 is 4.90 Å². The number of aliphatic hydroxyl groups is 1. The van der Waals surface area contributed by atoms with E-state index in [-0.39, 0.29) is 18.2 Å². The van der Waals surface area contributed by atoms with Crippen molar-refractivity contribution in [2.45, 2.75) is 39.5 Å². The van der Waals surface area contributed by atoms with E-state index in [0.717, 1.165) is 0 Å². The number of carbonyl (C=O) groups is 2. The maximum Gasteiger partial charge on any atom is 0.437 e. The van der Waals surface area contributed by atoms with Gasteiger partial charge in [0, 0.05) is 44.4 Å². The Hall–Kier alpha value is -3.73. The fourth-order valence-corrected chi connectivity index (χ4v) is 4.08. The van der Waals surface area contributed by atoms with Crippen LogP contribution in [0.5, 0.6) is 0 Å². The van der Waals surface area contributed by atoms with Crippen LogP contribution in [0.15, 0.2) is 53.1 Å². The van der Waals surface area contributed by atoms with Crippen LogP contribution in [0.3, 0.4) is 0 Å². The van der Waals surface area contributed by atoms with Crippen LogP contribution in [0, 0.1) is 5.41 Å². The van der Waals surface area contributed by atoms with Gasteiger partial charge >= 0.3 is 6.18 Å². The zero-order valence-corrected chi connectivity index (χ0v) is 21.3. The molecular formula is C27H29F3N4O4. The van der Waals surface area contributed by atoms with E-state index in [0.29, 0.717) is 43.1 Å². The smallest absolute Gasteiger partial charge is 0.432 e. The molecule has 1 amide bonds. The first-order valence-corrected chi connectivity index (χ1v) is 12.2. The number of ketones is 1. The number of benzene rings is 1. The fraction of sp³-hybridized carbons (Fsp3) is 0.407. The van der Waals surface area contributed by atoms with E-state index in [9.17, 15) is 27.9 Å². The average molecular weight is 531 g/mol. The zero-order chi connectivity index (χ0) is 27.7. The lowest BCUT2D eigenvalue weighted by Crippen LogP contribution is -2.53. The van der Waals surface area contributed by atoms with Crippen molar-refractivity contribution >= 4 is 17.5 Å². The number of hydrogen-bond donors (Lipinski definition) is 1. The van der Waals surface area contributed by atoms with Gasteiger partial charge in [-0.3, -0.25) is 9.59 Å². The SMILES string of the molecule is CC(C)(C)[C@@H](O)C(=O)N1CCN(c2ccc(CC(=O)c3oc(-c4ccccc4)nc3C(F)(F)F)cn2)CC1.